The lowest BCUT2D eigenvalue weighted by Crippen LogP contribution is -2.45. The Hall–Kier alpha value is -4.92. The van der Waals surface area contributed by atoms with Gasteiger partial charge in [0.15, 0.2) is 6.29 Å². The topological polar surface area (TPSA) is 158 Å². The van der Waals surface area contributed by atoms with E-state index in [1.807, 2.05) is 73.5 Å². The first kappa shape index (κ1) is 39.8. The van der Waals surface area contributed by atoms with E-state index in [1.54, 1.807) is 60.7 Å². The summed E-state index contributed by atoms with van der Waals surface area (Å²) in [5, 5.41) is 33.2. The summed E-state index contributed by atoms with van der Waals surface area (Å²) in [7, 11) is -2.11. The molecule has 288 valence electrons. The molecule has 1 saturated heterocycles. The molecule has 0 bridgehead atoms. The van der Waals surface area contributed by atoms with Gasteiger partial charge in [-0.05, 0) is 79.0 Å². The zero-order valence-electron chi connectivity index (χ0n) is 30.8. The highest BCUT2D eigenvalue weighted by Gasteiger charge is 2.33. The minimum atomic E-state index is -4.01. The van der Waals surface area contributed by atoms with E-state index in [2.05, 4.69) is 10.0 Å². The smallest absolute Gasteiger partial charge is 0.242 e. The van der Waals surface area contributed by atoms with Gasteiger partial charge in [-0.3, -0.25) is 4.79 Å². The number of carbonyl (C=O) groups is 1. The van der Waals surface area contributed by atoms with Crippen LogP contribution in [0.4, 0.5) is 5.69 Å². The minimum Gasteiger partial charge on any atom is -0.508 e. The molecular formula is C43H47N3O8S. The van der Waals surface area contributed by atoms with Crippen molar-refractivity contribution in [3.8, 4) is 5.75 Å². The fourth-order valence-corrected chi connectivity index (χ4v) is 7.75. The number of aliphatic hydroxyl groups excluding tert-OH is 2. The second-order valence-corrected chi connectivity index (χ2v) is 15.7. The van der Waals surface area contributed by atoms with Crippen LogP contribution in [0.25, 0.3) is 0 Å². The van der Waals surface area contributed by atoms with Crippen LogP contribution in [0.15, 0.2) is 132 Å². The maximum absolute atomic E-state index is 13.7. The van der Waals surface area contributed by atoms with Crippen LogP contribution in [-0.2, 0) is 37.3 Å². The SMILES string of the molecule is Cc1ccc(S(=O)(=O)N[C@H](Cc2ccccc2)C(=O)Nc2ccc([C@H]3O[C@@H](CN(C)C[C@@H](O)c4cccc(O)c4)C[C@@H](c4ccc(CO)cc4)O3)cc2)cc1. The van der Waals surface area contributed by atoms with E-state index in [4.69, 9.17) is 9.47 Å². The number of nitrogens with one attached hydrogen (secondary N) is 2. The van der Waals surface area contributed by atoms with Gasteiger partial charge in [-0.1, -0.05) is 96.6 Å². The van der Waals surface area contributed by atoms with E-state index in [1.165, 1.54) is 12.1 Å². The molecule has 5 aromatic carbocycles. The van der Waals surface area contributed by atoms with Crippen molar-refractivity contribution in [2.75, 3.05) is 25.5 Å². The molecule has 0 aliphatic carbocycles. The zero-order chi connectivity index (χ0) is 39.0. The van der Waals surface area contributed by atoms with Crippen LogP contribution in [0.3, 0.4) is 0 Å². The van der Waals surface area contributed by atoms with Crippen molar-refractivity contribution in [3.63, 3.8) is 0 Å². The number of hydrogen-bond donors (Lipinski definition) is 5. The molecule has 5 N–H and O–H groups in total. The number of rotatable bonds is 15. The van der Waals surface area contributed by atoms with Gasteiger partial charge in [0, 0.05) is 30.8 Å². The third-order valence-corrected chi connectivity index (χ3v) is 11.0. The Balaban J connectivity index is 1.17. The number of phenolic OH excluding ortho intramolecular Hbond substituents is 1. The van der Waals surface area contributed by atoms with Crippen molar-refractivity contribution in [2.45, 2.75) is 61.9 Å². The van der Waals surface area contributed by atoms with E-state index < -0.39 is 34.4 Å². The molecule has 0 unspecified atom stereocenters. The van der Waals surface area contributed by atoms with Crippen LogP contribution >= 0.6 is 0 Å². The zero-order valence-corrected chi connectivity index (χ0v) is 31.6. The molecule has 11 nitrogen and oxygen atoms in total. The highest BCUT2D eigenvalue weighted by atomic mass is 32.2. The molecule has 0 aromatic heterocycles. The lowest BCUT2D eigenvalue weighted by molar-refractivity contribution is -0.252. The Bertz CT molecular complexity index is 2110. The number of hydrogen-bond acceptors (Lipinski definition) is 9. The summed E-state index contributed by atoms with van der Waals surface area (Å²) in [6.45, 7) is 2.59. The van der Waals surface area contributed by atoms with Gasteiger partial charge in [0.25, 0.3) is 0 Å². The maximum atomic E-state index is 13.7. The van der Waals surface area contributed by atoms with Crippen molar-refractivity contribution in [1.29, 1.82) is 0 Å². The molecule has 1 amide bonds. The Kier molecular flexibility index (Phi) is 13.1. The summed E-state index contributed by atoms with van der Waals surface area (Å²) < 4.78 is 42.3. The molecule has 12 heteroatoms. The molecular weight excluding hydrogens is 719 g/mol. The number of benzene rings is 5. The van der Waals surface area contributed by atoms with E-state index in [-0.39, 0.29) is 35.9 Å². The molecule has 0 spiro atoms. The third-order valence-electron chi connectivity index (χ3n) is 9.55. The second-order valence-electron chi connectivity index (χ2n) is 14.0. The van der Waals surface area contributed by atoms with Crippen molar-refractivity contribution in [3.05, 3.63) is 161 Å². The second kappa shape index (κ2) is 18.1. The largest absolute Gasteiger partial charge is 0.508 e. The average Bonchev–Trinajstić information content (AvgIpc) is 3.18. The fourth-order valence-electron chi connectivity index (χ4n) is 6.55. The number of sulfonamides is 1. The molecule has 1 aliphatic heterocycles. The highest BCUT2D eigenvalue weighted by molar-refractivity contribution is 7.89. The standard InChI is InChI=1S/C43H47N3O8S/c1-29-11-21-38(22-12-29)55(51,52)45-39(23-30-7-4-3-5-8-30)42(50)44-35-19-17-33(18-20-35)43-53-37(25-41(54-43)32-15-13-31(28-47)14-16-32)26-46(2)27-40(49)34-9-6-10-36(48)24-34/h3-22,24,37,39-41,43,45,47-49H,23,25-28H2,1-2H3,(H,44,50)/t37-,39-,40-,41+,43+/m1/s1. The van der Waals surface area contributed by atoms with Crippen molar-refractivity contribution < 1.29 is 38.0 Å². The summed E-state index contributed by atoms with van der Waals surface area (Å²) >= 11 is 0. The highest BCUT2D eigenvalue weighted by Crippen LogP contribution is 2.38. The predicted octanol–water partition coefficient (Wildman–Crippen LogP) is 5.93. The van der Waals surface area contributed by atoms with Gasteiger partial charge in [0.05, 0.1) is 29.8 Å². The first-order valence-electron chi connectivity index (χ1n) is 18.2. The Labute approximate surface area is 322 Å². The quantitative estimate of drug-likeness (QED) is 0.0872. The number of aromatic hydroxyl groups is 1. The number of ether oxygens (including phenoxy) is 2. The molecule has 0 radical (unpaired) electrons. The van der Waals surface area contributed by atoms with E-state index in [0.29, 0.717) is 36.3 Å². The van der Waals surface area contributed by atoms with Crippen LogP contribution in [0.1, 0.15) is 58.3 Å². The Morgan fingerprint density at radius 2 is 1.55 bits per heavy atom. The first-order chi connectivity index (χ1) is 26.4. The number of aryl methyl sites for hydroxylation is 1. The lowest BCUT2D eigenvalue weighted by Gasteiger charge is -2.38. The molecule has 6 rings (SSSR count). The summed E-state index contributed by atoms with van der Waals surface area (Å²) in [6, 6.07) is 35.8. The number of phenols is 1. The van der Waals surface area contributed by atoms with E-state index in [9.17, 15) is 28.5 Å². The van der Waals surface area contributed by atoms with E-state index >= 15 is 0 Å². The molecule has 55 heavy (non-hydrogen) atoms. The molecule has 0 saturated carbocycles. The predicted molar refractivity (Wildman–Crippen MR) is 209 cm³/mol. The number of likely N-dealkylation sites (N-methyl/N-ethyl adjacent to an activating group) is 1. The van der Waals surface area contributed by atoms with Crippen molar-refractivity contribution >= 4 is 21.6 Å². The van der Waals surface area contributed by atoms with Gasteiger partial charge >= 0.3 is 0 Å². The van der Waals surface area contributed by atoms with Gasteiger partial charge in [0.2, 0.25) is 15.9 Å². The van der Waals surface area contributed by atoms with Crippen LogP contribution in [0.2, 0.25) is 0 Å². The summed E-state index contributed by atoms with van der Waals surface area (Å²) in [6.07, 6.45) is -1.52. The van der Waals surface area contributed by atoms with Gasteiger partial charge < -0.3 is 35.0 Å². The van der Waals surface area contributed by atoms with Gasteiger partial charge in [0.1, 0.15) is 11.8 Å². The maximum Gasteiger partial charge on any atom is 0.242 e. The van der Waals surface area contributed by atoms with E-state index in [0.717, 1.165) is 22.3 Å². The number of aliphatic hydroxyl groups is 2. The van der Waals surface area contributed by atoms with Crippen LogP contribution in [0.5, 0.6) is 5.75 Å². The van der Waals surface area contributed by atoms with Crippen molar-refractivity contribution in [2.24, 2.45) is 0 Å². The van der Waals surface area contributed by atoms with Gasteiger partial charge in [-0.2, -0.15) is 4.72 Å². The number of anilines is 1. The van der Waals surface area contributed by atoms with Crippen LogP contribution in [0, 0.1) is 6.92 Å². The normalized spacial score (nSPS) is 18.5. The number of amides is 1. The molecule has 5 aromatic rings. The fraction of sp³-hybridized carbons (Fsp3) is 0.279. The third kappa shape index (κ3) is 10.9. The summed E-state index contributed by atoms with van der Waals surface area (Å²) in [4.78, 5) is 15.8. The monoisotopic (exact) mass is 765 g/mol. The van der Waals surface area contributed by atoms with Crippen molar-refractivity contribution in [1.82, 2.24) is 9.62 Å². The number of carbonyl (C=O) groups excluding carboxylic acids is 1. The minimum absolute atomic E-state index is 0.0685. The van der Waals surface area contributed by atoms with Crippen LogP contribution in [-0.4, -0.2) is 66.8 Å². The van der Waals surface area contributed by atoms with Gasteiger partial charge in [-0.15, -0.1) is 0 Å². The molecule has 1 aliphatic rings. The average molecular weight is 766 g/mol. The molecule has 1 fully saturated rings. The molecule has 5 atom stereocenters. The van der Waals surface area contributed by atoms with Gasteiger partial charge in [-0.25, -0.2) is 8.42 Å². The first-order valence-corrected chi connectivity index (χ1v) is 19.6. The molecule has 1 heterocycles. The Morgan fingerprint density at radius 1 is 0.855 bits per heavy atom. The van der Waals surface area contributed by atoms with Crippen LogP contribution < -0.4 is 10.0 Å². The Morgan fingerprint density at radius 3 is 2.22 bits per heavy atom. The lowest BCUT2D eigenvalue weighted by atomic mass is 9.99. The summed E-state index contributed by atoms with van der Waals surface area (Å²) in [5.41, 5.74) is 5.22. The summed E-state index contributed by atoms with van der Waals surface area (Å²) in [5.74, 6) is -0.426. The number of nitrogens with zero attached hydrogens (tertiary/aromatic N) is 1.